The Bertz CT molecular complexity index is 373. The van der Waals surface area contributed by atoms with Crippen LogP contribution in [0.5, 0.6) is 0 Å². The molecule has 0 aromatic carbocycles. The molecule has 0 bridgehead atoms. The van der Waals surface area contributed by atoms with Crippen LogP contribution in [0.4, 0.5) is 0 Å². The third kappa shape index (κ3) is 0.851. The maximum atomic E-state index is 11.2. The number of fused-ring (bicyclic) bond motifs is 1. The first-order valence-corrected chi connectivity index (χ1v) is 3.54. The van der Waals surface area contributed by atoms with Crippen molar-refractivity contribution in [1.82, 2.24) is 4.98 Å². The van der Waals surface area contributed by atoms with Crippen LogP contribution in [0.15, 0.2) is 18.3 Å². The number of hydrogen-bond donors (Lipinski definition) is 2. The fourth-order valence-corrected chi connectivity index (χ4v) is 1.23. The summed E-state index contributed by atoms with van der Waals surface area (Å²) in [5.41, 5.74) is -0.227. The highest BCUT2D eigenvalue weighted by Gasteiger charge is 2.51. The van der Waals surface area contributed by atoms with E-state index in [9.17, 15) is 9.59 Å². The molecule has 2 N–H and O–H groups in total. The first kappa shape index (κ1) is 8.03. The summed E-state index contributed by atoms with van der Waals surface area (Å²) in [6.07, 6.45) is 1.31. The number of carbonyl (C=O) groups is 2. The van der Waals surface area contributed by atoms with Crippen LogP contribution in [0.25, 0.3) is 0 Å². The van der Waals surface area contributed by atoms with Crippen LogP contribution in [0.2, 0.25) is 0 Å². The van der Waals surface area contributed by atoms with Crippen LogP contribution in [0.3, 0.4) is 0 Å². The highest BCUT2D eigenvalue weighted by atomic mass is 16.5. The zero-order chi connectivity index (χ0) is 9.64. The number of ketones is 2. The van der Waals surface area contributed by atoms with Crippen LogP contribution in [-0.2, 0) is 0 Å². The van der Waals surface area contributed by atoms with Gasteiger partial charge in [0.05, 0.1) is 5.56 Å². The van der Waals surface area contributed by atoms with Gasteiger partial charge in [0.2, 0.25) is 11.6 Å². The molecule has 2 rings (SSSR count). The van der Waals surface area contributed by atoms with E-state index >= 15 is 0 Å². The topological polar surface area (TPSA) is 87.5 Å². The Balaban J connectivity index is 2.71. The molecule has 0 unspecified atom stereocenters. The molecule has 0 aliphatic heterocycles. The monoisotopic (exact) mass is 179 g/mol. The number of rotatable bonds is 0. The maximum absolute atomic E-state index is 11.2. The molecule has 0 fully saturated rings. The van der Waals surface area contributed by atoms with E-state index in [1.54, 1.807) is 0 Å². The van der Waals surface area contributed by atoms with Crippen molar-refractivity contribution in [2.45, 2.75) is 5.79 Å². The second-order valence-electron chi connectivity index (χ2n) is 2.73. The van der Waals surface area contributed by atoms with Crippen molar-refractivity contribution >= 4 is 11.6 Å². The van der Waals surface area contributed by atoms with Crippen molar-refractivity contribution in [3.63, 3.8) is 0 Å². The van der Waals surface area contributed by atoms with Gasteiger partial charge in [0.1, 0.15) is 5.69 Å². The molecule has 0 atom stereocenters. The number of pyridine rings is 1. The van der Waals surface area contributed by atoms with Crippen LogP contribution >= 0.6 is 0 Å². The van der Waals surface area contributed by atoms with E-state index in [0.29, 0.717) is 0 Å². The molecule has 1 aromatic rings. The van der Waals surface area contributed by atoms with E-state index in [4.69, 9.17) is 10.2 Å². The van der Waals surface area contributed by atoms with Gasteiger partial charge < -0.3 is 10.2 Å². The summed E-state index contributed by atoms with van der Waals surface area (Å²) in [5.74, 6) is -5.00. The first-order chi connectivity index (χ1) is 6.05. The van der Waals surface area contributed by atoms with Gasteiger partial charge in [-0.2, -0.15) is 0 Å². The Kier molecular flexibility index (Phi) is 1.37. The molecule has 66 valence electrons. The summed E-state index contributed by atoms with van der Waals surface area (Å²) >= 11 is 0. The molecule has 1 aromatic heterocycles. The molecule has 5 nitrogen and oxygen atoms in total. The van der Waals surface area contributed by atoms with Crippen molar-refractivity contribution in [3.8, 4) is 0 Å². The summed E-state index contributed by atoms with van der Waals surface area (Å²) in [6.45, 7) is 0. The molecular formula is C8H5NO4. The highest BCUT2D eigenvalue weighted by Crippen LogP contribution is 2.25. The van der Waals surface area contributed by atoms with Gasteiger partial charge in [0.15, 0.2) is 0 Å². The number of hydrogen-bond acceptors (Lipinski definition) is 5. The van der Waals surface area contributed by atoms with E-state index in [1.165, 1.54) is 18.3 Å². The van der Waals surface area contributed by atoms with Gasteiger partial charge in [-0.1, -0.05) is 0 Å². The lowest BCUT2D eigenvalue weighted by Gasteiger charge is -2.07. The zero-order valence-electron chi connectivity index (χ0n) is 6.39. The van der Waals surface area contributed by atoms with Crippen molar-refractivity contribution in [1.29, 1.82) is 0 Å². The molecule has 1 heterocycles. The zero-order valence-corrected chi connectivity index (χ0v) is 6.39. The van der Waals surface area contributed by atoms with Crippen LogP contribution in [0, 0.1) is 0 Å². The third-order valence-electron chi connectivity index (χ3n) is 1.90. The Hall–Kier alpha value is -1.59. The molecule has 0 radical (unpaired) electrons. The number of aliphatic hydroxyl groups is 2. The maximum Gasteiger partial charge on any atom is 0.296 e. The van der Waals surface area contributed by atoms with Gasteiger partial charge in [-0.15, -0.1) is 0 Å². The summed E-state index contributed by atoms with van der Waals surface area (Å²) in [5, 5.41) is 18.1. The largest absolute Gasteiger partial charge is 0.353 e. The number of aromatic nitrogens is 1. The number of carbonyl (C=O) groups excluding carboxylic acids is 2. The number of nitrogens with zero attached hydrogens (tertiary/aromatic N) is 1. The van der Waals surface area contributed by atoms with Crippen molar-refractivity contribution in [2.75, 3.05) is 0 Å². The average Bonchev–Trinajstić information content (AvgIpc) is 2.30. The molecule has 1 aliphatic carbocycles. The van der Waals surface area contributed by atoms with Gasteiger partial charge in [-0.25, -0.2) is 0 Å². The lowest BCUT2D eigenvalue weighted by molar-refractivity contribution is -0.0858. The van der Waals surface area contributed by atoms with E-state index in [-0.39, 0.29) is 11.3 Å². The van der Waals surface area contributed by atoms with E-state index in [1.807, 2.05) is 0 Å². The van der Waals surface area contributed by atoms with E-state index < -0.39 is 17.4 Å². The molecule has 0 saturated heterocycles. The van der Waals surface area contributed by atoms with Crippen LogP contribution in [0.1, 0.15) is 20.8 Å². The number of Topliss-reactive ketones (excluding diaryl/α,β-unsaturated/α-hetero) is 2. The van der Waals surface area contributed by atoms with Crippen molar-refractivity contribution < 1.29 is 19.8 Å². The summed E-state index contributed by atoms with van der Waals surface area (Å²) in [7, 11) is 0. The molecule has 13 heavy (non-hydrogen) atoms. The van der Waals surface area contributed by atoms with Crippen LogP contribution < -0.4 is 0 Å². The summed E-state index contributed by atoms with van der Waals surface area (Å²) in [4.78, 5) is 25.9. The minimum Gasteiger partial charge on any atom is -0.353 e. The predicted octanol–water partition coefficient (Wildman–Crippen LogP) is -0.859. The first-order valence-electron chi connectivity index (χ1n) is 3.54. The fourth-order valence-electron chi connectivity index (χ4n) is 1.23. The minimum absolute atomic E-state index is 0.0440. The normalized spacial score (nSPS) is 18.9. The standard InChI is InChI=1S/C8H5NO4/c10-6-4-2-1-3-9-5(4)7(11)8(6,12)13/h1-3,12-13H. The van der Waals surface area contributed by atoms with Gasteiger partial charge in [-0.3, -0.25) is 14.6 Å². The average molecular weight is 179 g/mol. The molecular weight excluding hydrogens is 174 g/mol. The smallest absolute Gasteiger partial charge is 0.296 e. The lowest BCUT2D eigenvalue weighted by Crippen LogP contribution is -2.40. The highest BCUT2D eigenvalue weighted by molar-refractivity contribution is 6.29. The Morgan fingerprint density at radius 3 is 2.54 bits per heavy atom. The SMILES string of the molecule is O=C1c2cccnc2C(=O)C1(O)O. The van der Waals surface area contributed by atoms with Gasteiger partial charge in [-0.05, 0) is 12.1 Å². The van der Waals surface area contributed by atoms with Gasteiger partial charge in [0.25, 0.3) is 5.79 Å². The third-order valence-corrected chi connectivity index (χ3v) is 1.90. The Morgan fingerprint density at radius 1 is 1.23 bits per heavy atom. The van der Waals surface area contributed by atoms with E-state index in [2.05, 4.69) is 4.98 Å². The minimum atomic E-state index is -2.92. The van der Waals surface area contributed by atoms with Crippen molar-refractivity contribution in [3.05, 3.63) is 29.6 Å². The molecule has 0 saturated carbocycles. The molecule has 0 amide bonds. The van der Waals surface area contributed by atoms with Gasteiger partial charge >= 0.3 is 0 Å². The molecule has 5 heteroatoms. The second kappa shape index (κ2) is 2.21. The molecule has 0 spiro atoms. The second-order valence-corrected chi connectivity index (χ2v) is 2.73. The summed E-state index contributed by atoms with van der Waals surface area (Å²) in [6, 6.07) is 2.78. The lowest BCUT2D eigenvalue weighted by atomic mass is 10.2. The molecule has 1 aliphatic rings. The van der Waals surface area contributed by atoms with E-state index in [0.717, 1.165) is 0 Å². The van der Waals surface area contributed by atoms with Crippen LogP contribution in [-0.4, -0.2) is 32.6 Å². The summed E-state index contributed by atoms with van der Waals surface area (Å²) < 4.78 is 0. The Morgan fingerprint density at radius 2 is 1.92 bits per heavy atom. The predicted molar refractivity (Wildman–Crippen MR) is 40.1 cm³/mol. The quantitative estimate of drug-likeness (QED) is 0.399. The fraction of sp³-hybridized carbons (Fsp3) is 0.125. The van der Waals surface area contributed by atoms with Gasteiger partial charge in [0, 0.05) is 6.20 Å². The Labute approximate surface area is 72.7 Å². The van der Waals surface area contributed by atoms with Crippen molar-refractivity contribution in [2.24, 2.45) is 0 Å².